The lowest BCUT2D eigenvalue weighted by molar-refractivity contribution is 0.219. The van der Waals surface area contributed by atoms with E-state index >= 15 is 0 Å². The lowest BCUT2D eigenvalue weighted by Crippen LogP contribution is -2.25. The van der Waals surface area contributed by atoms with E-state index in [9.17, 15) is 0 Å². The van der Waals surface area contributed by atoms with E-state index in [1.165, 1.54) is 48.3 Å². The van der Waals surface area contributed by atoms with Gasteiger partial charge >= 0.3 is 0 Å². The van der Waals surface area contributed by atoms with Crippen molar-refractivity contribution >= 4 is 5.69 Å². The molecule has 0 saturated carbocycles. The van der Waals surface area contributed by atoms with Gasteiger partial charge in [0.05, 0.1) is 0 Å². The quantitative estimate of drug-likeness (QED) is 0.488. The topological polar surface area (TPSA) is 31.8 Å². The molecule has 1 saturated heterocycles. The fraction of sp³-hybridized carbons (Fsp3) is 0.414. The standard InChI is InChI=1S/C29H36N4O/c1-31(17-13-27-6-2-3-14-30-27)21-25-9-12-29-26(20-25)23-32(18-19-34-29)22-24-7-10-28(11-8-24)33-15-4-5-16-33/h2-3,6-12,14,20H,4-5,13,15-19,21-23H2,1H3. The third kappa shape index (κ3) is 5.96. The predicted molar refractivity (Wildman–Crippen MR) is 138 cm³/mol. The van der Waals surface area contributed by atoms with E-state index in [2.05, 4.69) is 81.3 Å². The van der Waals surface area contributed by atoms with Crippen LogP contribution in [0.1, 0.15) is 35.2 Å². The summed E-state index contributed by atoms with van der Waals surface area (Å²) in [6.07, 6.45) is 5.47. The molecular formula is C29H36N4O. The molecule has 0 amide bonds. The predicted octanol–water partition coefficient (Wildman–Crippen LogP) is 4.75. The Labute approximate surface area is 204 Å². The first-order valence-electron chi connectivity index (χ1n) is 12.6. The number of anilines is 1. The highest BCUT2D eigenvalue weighted by atomic mass is 16.5. The number of nitrogens with zero attached hydrogens (tertiary/aromatic N) is 4. The normalized spacial score (nSPS) is 16.4. The molecule has 178 valence electrons. The summed E-state index contributed by atoms with van der Waals surface area (Å²) in [6, 6.07) is 22.0. The minimum Gasteiger partial charge on any atom is -0.492 e. The van der Waals surface area contributed by atoms with Crippen LogP contribution in [0.3, 0.4) is 0 Å². The van der Waals surface area contributed by atoms with Gasteiger partial charge in [0.2, 0.25) is 0 Å². The second-order valence-electron chi connectivity index (χ2n) is 9.67. The maximum atomic E-state index is 6.10. The third-order valence-electron chi connectivity index (χ3n) is 6.93. The molecule has 0 N–H and O–H groups in total. The zero-order chi connectivity index (χ0) is 23.2. The Morgan fingerprint density at radius 3 is 2.56 bits per heavy atom. The molecule has 0 aliphatic carbocycles. The zero-order valence-electron chi connectivity index (χ0n) is 20.3. The molecule has 5 rings (SSSR count). The first kappa shape index (κ1) is 22.9. The van der Waals surface area contributed by atoms with Crippen molar-refractivity contribution in [3.8, 4) is 5.75 Å². The van der Waals surface area contributed by atoms with Gasteiger partial charge in [0, 0.05) is 75.4 Å². The van der Waals surface area contributed by atoms with Crippen LogP contribution in [0.25, 0.3) is 0 Å². The van der Waals surface area contributed by atoms with Crippen LogP contribution in [0.4, 0.5) is 5.69 Å². The minimum absolute atomic E-state index is 0.738. The Hall–Kier alpha value is -2.89. The van der Waals surface area contributed by atoms with Crippen molar-refractivity contribution in [1.82, 2.24) is 14.8 Å². The Bertz CT molecular complexity index is 1050. The van der Waals surface area contributed by atoms with Crippen LogP contribution in [0, 0.1) is 0 Å². The summed E-state index contributed by atoms with van der Waals surface area (Å²) in [5, 5.41) is 0. The lowest BCUT2D eigenvalue weighted by atomic mass is 10.1. The minimum atomic E-state index is 0.738. The fourth-order valence-electron chi connectivity index (χ4n) is 5.02. The Morgan fingerprint density at radius 2 is 1.76 bits per heavy atom. The van der Waals surface area contributed by atoms with E-state index in [1.807, 2.05) is 12.3 Å². The van der Waals surface area contributed by atoms with E-state index in [-0.39, 0.29) is 0 Å². The van der Waals surface area contributed by atoms with Crippen molar-refractivity contribution < 1.29 is 4.74 Å². The summed E-state index contributed by atoms with van der Waals surface area (Å²) in [6.45, 7) is 7.87. The summed E-state index contributed by atoms with van der Waals surface area (Å²) in [5.41, 5.74) is 6.51. The third-order valence-corrected chi connectivity index (χ3v) is 6.93. The van der Waals surface area contributed by atoms with Gasteiger partial charge in [-0.1, -0.05) is 24.3 Å². The number of hydrogen-bond acceptors (Lipinski definition) is 5. The first-order valence-corrected chi connectivity index (χ1v) is 12.6. The molecule has 0 bridgehead atoms. The van der Waals surface area contributed by atoms with Crippen molar-refractivity contribution in [2.24, 2.45) is 0 Å². The number of pyridine rings is 1. The molecule has 2 aliphatic rings. The molecule has 34 heavy (non-hydrogen) atoms. The van der Waals surface area contributed by atoms with Crippen LogP contribution in [0.5, 0.6) is 5.75 Å². The van der Waals surface area contributed by atoms with Crippen LogP contribution in [-0.4, -0.2) is 54.6 Å². The van der Waals surface area contributed by atoms with E-state index in [0.717, 1.165) is 57.2 Å². The number of fused-ring (bicyclic) bond motifs is 1. The molecule has 0 unspecified atom stereocenters. The van der Waals surface area contributed by atoms with Crippen molar-refractivity contribution in [2.75, 3.05) is 44.7 Å². The monoisotopic (exact) mass is 456 g/mol. The van der Waals surface area contributed by atoms with Crippen molar-refractivity contribution in [3.05, 3.63) is 89.2 Å². The van der Waals surface area contributed by atoms with Gasteiger partial charge in [-0.2, -0.15) is 0 Å². The average molecular weight is 457 g/mol. The maximum Gasteiger partial charge on any atom is 0.123 e. The van der Waals surface area contributed by atoms with Crippen LogP contribution in [0.15, 0.2) is 66.9 Å². The van der Waals surface area contributed by atoms with Gasteiger partial charge in [0.25, 0.3) is 0 Å². The van der Waals surface area contributed by atoms with Crippen LogP contribution in [0.2, 0.25) is 0 Å². The van der Waals surface area contributed by atoms with Gasteiger partial charge in [0.15, 0.2) is 0 Å². The maximum absolute atomic E-state index is 6.10. The summed E-state index contributed by atoms with van der Waals surface area (Å²) in [5.74, 6) is 1.03. The average Bonchev–Trinajstić information content (AvgIpc) is 3.33. The molecule has 2 aliphatic heterocycles. The smallest absolute Gasteiger partial charge is 0.123 e. The fourth-order valence-corrected chi connectivity index (χ4v) is 5.02. The molecule has 5 nitrogen and oxygen atoms in total. The number of rotatable bonds is 8. The van der Waals surface area contributed by atoms with Crippen LogP contribution in [-0.2, 0) is 26.1 Å². The summed E-state index contributed by atoms with van der Waals surface area (Å²) in [4.78, 5) is 11.8. The molecule has 3 aromatic rings. The molecule has 5 heteroatoms. The SMILES string of the molecule is CN(CCc1ccccn1)Cc1ccc2c(c1)CN(Cc1ccc(N3CCCC3)cc1)CCO2. The molecule has 1 fully saturated rings. The van der Waals surface area contributed by atoms with Crippen molar-refractivity contribution in [1.29, 1.82) is 0 Å². The largest absolute Gasteiger partial charge is 0.492 e. The highest BCUT2D eigenvalue weighted by Gasteiger charge is 2.17. The Morgan fingerprint density at radius 1 is 0.941 bits per heavy atom. The van der Waals surface area contributed by atoms with Gasteiger partial charge in [-0.25, -0.2) is 0 Å². The number of likely N-dealkylation sites (N-methyl/N-ethyl adjacent to an activating group) is 1. The summed E-state index contributed by atoms with van der Waals surface area (Å²) in [7, 11) is 2.18. The number of ether oxygens (including phenoxy) is 1. The lowest BCUT2D eigenvalue weighted by Gasteiger charge is -2.21. The summed E-state index contributed by atoms with van der Waals surface area (Å²) < 4.78 is 6.10. The highest BCUT2D eigenvalue weighted by Crippen LogP contribution is 2.26. The Balaban J connectivity index is 1.19. The number of aromatic nitrogens is 1. The number of hydrogen-bond donors (Lipinski definition) is 0. The van der Waals surface area contributed by atoms with Crippen molar-refractivity contribution in [3.63, 3.8) is 0 Å². The van der Waals surface area contributed by atoms with Gasteiger partial charge < -0.3 is 14.5 Å². The molecule has 0 spiro atoms. The molecule has 2 aromatic carbocycles. The molecule has 0 atom stereocenters. The van der Waals surface area contributed by atoms with Gasteiger partial charge in [-0.3, -0.25) is 9.88 Å². The van der Waals surface area contributed by atoms with E-state index < -0.39 is 0 Å². The second-order valence-corrected chi connectivity index (χ2v) is 9.67. The molecule has 1 aromatic heterocycles. The van der Waals surface area contributed by atoms with E-state index in [1.54, 1.807) is 0 Å². The highest BCUT2D eigenvalue weighted by molar-refractivity contribution is 5.48. The van der Waals surface area contributed by atoms with Gasteiger partial charge in [-0.05, 0) is 67.4 Å². The summed E-state index contributed by atoms with van der Waals surface area (Å²) >= 11 is 0. The van der Waals surface area contributed by atoms with Gasteiger partial charge in [-0.15, -0.1) is 0 Å². The van der Waals surface area contributed by atoms with Crippen molar-refractivity contribution in [2.45, 2.75) is 38.9 Å². The number of benzene rings is 2. The van der Waals surface area contributed by atoms with E-state index in [4.69, 9.17) is 4.74 Å². The molecule has 0 radical (unpaired) electrons. The molecular weight excluding hydrogens is 420 g/mol. The zero-order valence-corrected chi connectivity index (χ0v) is 20.3. The van der Waals surface area contributed by atoms with E-state index in [0.29, 0.717) is 0 Å². The van der Waals surface area contributed by atoms with Crippen LogP contribution < -0.4 is 9.64 Å². The second kappa shape index (κ2) is 11.0. The Kier molecular flexibility index (Phi) is 7.42. The van der Waals surface area contributed by atoms with Gasteiger partial charge in [0.1, 0.15) is 12.4 Å². The molecule has 3 heterocycles. The van der Waals surface area contributed by atoms with Crippen LogP contribution >= 0.6 is 0 Å². The first-order chi connectivity index (χ1) is 16.7.